The van der Waals surface area contributed by atoms with E-state index in [2.05, 4.69) is 0 Å². The minimum absolute atomic E-state index is 0.0193. The smallest absolute Gasteiger partial charge is 0.243 e. The average molecular weight is 330 g/mol. The largest absolute Gasteiger partial charge is 0.328 e. The van der Waals surface area contributed by atoms with Crippen LogP contribution in [0.5, 0.6) is 0 Å². The third-order valence-electron chi connectivity index (χ3n) is 4.51. The van der Waals surface area contributed by atoms with E-state index >= 15 is 0 Å². The molecule has 5 heteroatoms. The highest BCUT2D eigenvalue weighted by molar-refractivity contribution is 7.89. The SMILES string of the molecule is CC(N)C1CCN(S(=O)(=O)c2cccc(-c3ccccc3)c2)C1. The first kappa shape index (κ1) is 16.2. The lowest BCUT2D eigenvalue weighted by Gasteiger charge is -2.18. The number of sulfonamides is 1. The molecule has 0 amide bonds. The molecule has 1 heterocycles. The van der Waals surface area contributed by atoms with E-state index in [1.54, 1.807) is 22.5 Å². The zero-order chi connectivity index (χ0) is 16.4. The summed E-state index contributed by atoms with van der Waals surface area (Å²) in [6.07, 6.45) is 0.829. The molecule has 0 bridgehead atoms. The minimum Gasteiger partial charge on any atom is -0.328 e. The normalized spacial score (nSPS) is 20.5. The van der Waals surface area contributed by atoms with E-state index in [0.29, 0.717) is 18.0 Å². The molecule has 3 rings (SSSR count). The monoisotopic (exact) mass is 330 g/mol. The molecule has 2 unspecified atom stereocenters. The van der Waals surface area contributed by atoms with Gasteiger partial charge in [-0.1, -0.05) is 42.5 Å². The molecule has 1 fully saturated rings. The zero-order valence-corrected chi connectivity index (χ0v) is 14.0. The summed E-state index contributed by atoms with van der Waals surface area (Å²) in [6.45, 7) is 3.00. The van der Waals surface area contributed by atoms with Gasteiger partial charge in [0.1, 0.15) is 0 Å². The van der Waals surface area contributed by atoms with Gasteiger partial charge in [0.25, 0.3) is 0 Å². The van der Waals surface area contributed by atoms with Gasteiger partial charge in [-0.2, -0.15) is 4.31 Å². The molecule has 122 valence electrons. The van der Waals surface area contributed by atoms with Crippen LogP contribution in [0.4, 0.5) is 0 Å². The second-order valence-corrected chi connectivity index (χ2v) is 8.10. The van der Waals surface area contributed by atoms with E-state index in [1.165, 1.54) is 0 Å². The summed E-state index contributed by atoms with van der Waals surface area (Å²) >= 11 is 0. The molecule has 0 saturated carbocycles. The van der Waals surface area contributed by atoms with Gasteiger partial charge in [0.2, 0.25) is 10.0 Å². The molecule has 2 aromatic rings. The van der Waals surface area contributed by atoms with Crippen LogP contribution in [0.1, 0.15) is 13.3 Å². The summed E-state index contributed by atoms with van der Waals surface area (Å²) in [5.41, 5.74) is 7.85. The summed E-state index contributed by atoms with van der Waals surface area (Å²) in [6, 6.07) is 17.0. The first-order valence-electron chi connectivity index (χ1n) is 7.90. The topological polar surface area (TPSA) is 63.4 Å². The maximum Gasteiger partial charge on any atom is 0.243 e. The third kappa shape index (κ3) is 3.32. The number of hydrogen-bond donors (Lipinski definition) is 1. The highest BCUT2D eigenvalue weighted by Crippen LogP contribution is 2.28. The molecule has 1 saturated heterocycles. The molecular formula is C18H22N2O2S. The van der Waals surface area contributed by atoms with Gasteiger partial charge in [0.15, 0.2) is 0 Å². The minimum atomic E-state index is -3.46. The van der Waals surface area contributed by atoms with Crippen LogP contribution in [-0.2, 0) is 10.0 Å². The first-order valence-corrected chi connectivity index (χ1v) is 9.34. The van der Waals surface area contributed by atoms with Gasteiger partial charge >= 0.3 is 0 Å². The Bertz CT molecular complexity index is 773. The highest BCUT2D eigenvalue weighted by atomic mass is 32.2. The van der Waals surface area contributed by atoms with Crippen molar-refractivity contribution >= 4 is 10.0 Å². The molecule has 0 aromatic heterocycles. The molecule has 1 aliphatic rings. The summed E-state index contributed by atoms with van der Waals surface area (Å²) in [5, 5.41) is 0. The van der Waals surface area contributed by atoms with Crippen LogP contribution in [0.15, 0.2) is 59.5 Å². The Balaban J connectivity index is 1.90. The van der Waals surface area contributed by atoms with E-state index in [9.17, 15) is 8.42 Å². The zero-order valence-electron chi connectivity index (χ0n) is 13.2. The van der Waals surface area contributed by atoms with Crippen molar-refractivity contribution < 1.29 is 8.42 Å². The maximum atomic E-state index is 12.9. The van der Waals surface area contributed by atoms with E-state index < -0.39 is 10.0 Å². The number of benzene rings is 2. The molecule has 0 aliphatic carbocycles. The lowest BCUT2D eigenvalue weighted by Crippen LogP contribution is -2.33. The third-order valence-corrected chi connectivity index (χ3v) is 6.37. The van der Waals surface area contributed by atoms with Gasteiger partial charge in [-0.3, -0.25) is 0 Å². The Kier molecular flexibility index (Phi) is 4.53. The second-order valence-electron chi connectivity index (χ2n) is 6.16. The van der Waals surface area contributed by atoms with Gasteiger partial charge in [0.05, 0.1) is 4.90 Å². The average Bonchev–Trinajstić information content (AvgIpc) is 3.07. The second kappa shape index (κ2) is 6.43. The number of nitrogens with two attached hydrogens (primary N) is 1. The molecular weight excluding hydrogens is 308 g/mol. The molecule has 2 atom stereocenters. The first-order chi connectivity index (χ1) is 11.0. The van der Waals surface area contributed by atoms with Crippen molar-refractivity contribution in [3.63, 3.8) is 0 Å². The molecule has 2 aromatic carbocycles. The van der Waals surface area contributed by atoms with Crippen molar-refractivity contribution in [1.29, 1.82) is 0 Å². The van der Waals surface area contributed by atoms with Crippen molar-refractivity contribution in [1.82, 2.24) is 4.31 Å². The maximum absolute atomic E-state index is 12.9. The number of rotatable bonds is 4. The fraction of sp³-hybridized carbons (Fsp3) is 0.333. The summed E-state index contributed by atoms with van der Waals surface area (Å²) < 4.78 is 27.3. The molecule has 1 aliphatic heterocycles. The van der Waals surface area contributed by atoms with Gasteiger partial charge in [0, 0.05) is 19.1 Å². The van der Waals surface area contributed by atoms with Crippen molar-refractivity contribution in [2.45, 2.75) is 24.3 Å². The molecule has 23 heavy (non-hydrogen) atoms. The lowest BCUT2D eigenvalue weighted by atomic mass is 10.0. The van der Waals surface area contributed by atoms with Crippen LogP contribution in [0.25, 0.3) is 11.1 Å². The van der Waals surface area contributed by atoms with Crippen LogP contribution in [0.3, 0.4) is 0 Å². The predicted octanol–water partition coefficient (Wildman–Crippen LogP) is 2.71. The predicted molar refractivity (Wildman–Crippen MR) is 92.4 cm³/mol. The Morgan fingerprint density at radius 2 is 1.78 bits per heavy atom. The number of nitrogens with zero attached hydrogens (tertiary/aromatic N) is 1. The number of hydrogen-bond acceptors (Lipinski definition) is 3. The van der Waals surface area contributed by atoms with Crippen molar-refractivity contribution in [2.24, 2.45) is 11.7 Å². The summed E-state index contributed by atoms with van der Waals surface area (Å²) in [5.74, 6) is 0.238. The molecule has 0 radical (unpaired) electrons. The lowest BCUT2D eigenvalue weighted by molar-refractivity contribution is 0.429. The van der Waals surface area contributed by atoms with E-state index in [0.717, 1.165) is 17.5 Å². The highest BCUT2D eigenvalue weighted by Gasteiger charge is 2.33. The Hall–Kier alpha value is -1.69. The van der Waals surface area contributed by atoms with Gasteiger partial charge in [-0.05, 0) is 42.5 Å². The van der Waals surface area contributed by atoms with Crippen LogP contribution in [0, 0.1) is 5.92 Å². The van der Waals surface area contributed by atoms with E-state index in [4.69, 9.17) is 5.73 Å². The van der Waals surface area contributed by atoms with Crippen LogP contribution in [0.2, 0.25) is 0 Å². The van der Waals surface area contributed by atoms with Crippen molar-refractivity contribution in [3.8, 4) is 11.1 Å². The van der Waals surface area contributed by atoms with Gasteiger partial charge in [-0.15, -0.1) is 0 Å². The van der Waals surface area contributed by atoms with Crippen LogP contribution >= 0.6 is 0 Å². The standard InChI is InChI=1S/C18H22N2O2S/c1-14(19)17-10-11-20(13-17)23(21,22)18-9-5-8-16(12-18)15-6-3-2-4-7-15/h2-9,12,14,17H,10-11,13,19H2,1H3. The Morgan fingerprint density at radius 3 is 2.43 bits per heavy atom. The van der Waals surface area contributed by atoms with Crippen molar-refractivity contribution in [2.75, 3.05) is 13.1 Å². The Morgan fingerprint density at radius 1 is 1.09 bits per heavy atom. The quantitative estimate of drug-likeness (QED) is 0.937. The Labute approximate surface area is 138 Å². The van der Waals surface area contributed by atoms with E-state index in [1.807, 2.05) is 43.3 Å². The summed E-state index contributed by atoms with van der Waals surface area (Å²) in [4.78, 5) is 0.351. The van der Waals surface area contributed by atoms with E-state index in [-0.39, 0.29) is 12.0 Å². The molecule has 0 spiro atoms. The molecule has 2 N–H and O–H groups in total. The van der Waals surface area contributed by atoms with Crippen LogP contribution < -0.4 is 5.73 Å². The van der Waals surface area contributed by atoms with Gasteiger partial charge < -0.3 is 5.73 Å². The fourth-order valence-corrected chi connectivity index (χ4v) is 4.58. The van der Waals surface area contributed by atoms with Crippen LogP contribution in [-0.4, -0.2) is 31.9 Å². The summed E-state index contributed by atoms with van der Waals surface area (Å²) in [7, 11) is -3.46. The fourth-order valence-electron chi connectivity index (χ4n) is 3.02. The van der Waals surface area contributed by atoms with Gasteiger partial charge in [-0.25, -0.2) is 8.42 Å². The van der Waals surface area contributed by atoms with Crippen molar-refractivity contribution in [3.05, 3.63) is 54.6 Å². The molecule has 4 nitrogen and oxygen atoms in total.